The van der Waals surface area contributed by atoms with Gasteiger partial charge in [-0.05, 0) is 12.1 Å². The fourth-order valence-electron chi connectivity index (χ4n) is 2.91. The smallest absolute Gasteiger partial charge is 0.237 e. The van der Waals surface area contributed by atoms with E-state index in [1.165, 1.54) is 11.8 Å². The number of para-hydroxylation sites is 1. The third-order valence-electron chi connectivity index (χ3n) is 4.32. The van der Waals surface area contributed by atoms with E-state index >= 15 is 0 Å². The van der Waals surface area contributed by atoms with Gasteiger partial charge in [0.2, 0.25) is 5.91 Å². The summed E-state index contributed by atoms with van der Waals surface area (Å²) in [5.74, 6) is 1.16. The van der Waals surface area contributed by atoms with Crippen LogP contribution >= 0.6 is 11.8 Å². The van der Waals surface area contributed by atoms with Crippen molar-refractivity contribution in [2.75, 3.05) is 17.7 Å². The minimum atomic E-state index is 0.0101. The van der Waals surface area contributed by atoms with Crippen LogP contribution in [0.5, 0.6) is 0 Å². The first-order chi connectivity index (χ1) is 12.7. The molecule has 0 fully saturated rings. The Balaban J connectivity index is 1.61. The van der Waals surface area contributed by atoms with Gasteiger partial charge in [-0.15, -0.1) is 10.2 Å². The summed E-state index contributed by atoms with van der Waals surface area (Å²) in [6.07, 6.45) is 2.43. The van der Waals surface area contributed by atoms with Gasteiger partial charge in [-0.1, -0.05) is 36.9 Å². The highest BCUT2D eigenvalue weighted by atomic mass is 32.2. The highest BCUT2D eigenvalue weighted by Gasteiger charge is 2.17. The van der Waals surface area contributed by atoms with E-state index in [4.69, 9.17) is 4.42 Å². The molecule has 1 amide bonds. The van der Waals surface area contributed by atoms with Gasteiger partial charge in [-0.3, -0.25) is 9.20 Å². The fourth-order valence-corrected chi connectivity index (χ4v) is 3.76. The van der Waals surface area contributed by atoms with Gasteiger partial charge in [0.05, 0.1) is 23.0 Å². The van der Waals surface area contributed by atoms with Gasteiger partial charge in [0.15, 0.2) is 5.58 Å². The number of hydrogen-bond acceptors (Lipinski definition) is 5. The number of anilines is 1. The quantitative estimate of drug-likeness (QED) is 0.503. The summed E-state index contributed by atoms with van der Waals surface area (Å²) >= 11 is 1.39. The molecule has 0 aliphatic heterocycles. The number of nitrogens with zero attached hydrogens (tertiary/aromatic N) is 4. The average molecular weight is 366 g/mol. The Bertz CT molecular complexity index is 1070. The Hall–Kier alpha value is -2.80. The summed E-state index contributed by atoms with van der Waals surface area (Å²) in [4.78, 5) is 14.2. The predicted molar refractivity (Wildman–Crippen MR) is 103 cm³/mol. The monoisotopic (exact) mass is 366 g/mol. The zero-order chi connectivity index (χ0) is 18.1. The second-order valence-corrected chi connectivity index (χ2v) is 6.85. The maximum Gasteiger partial charge on any atom is 0.237 e. The SMILES string of the molecule is CCc1nnc(SCC(=O)N(C)c2ccccc2)c2cc3occc3n12. The van der Waals surface area contributed by atoms with Crippen molar-refractivity contribution in [2.45, 2.75) is 18.4 Å². The summed E-state index contributed by atoms with van der Waals surface area (Å²) in [6, 6.07) is 13.5. The van der Waals surface area contributed by atoms with E-state index in [2.05, 4.69) is 14.6 Å². The minimum Gasteiger partial charge on any atom is -0.463 e. The summed E-state index contributed by atoms with van der Waals surface area (Å²) in [6.45, 7) is 2.04. The highest BCUT2D eigenvalue weighted by molar-refractivity contribution is 8.00. The number of carbonyl (C=O) groups is 1. The molecule has 0 unspecified atom stereocenters. The molecule has 132 valence electrons. The van der Waals surface area contributed by atoms with Crippen molar-refractivity contribution in [3.8, 4) is 0 Å². The van der Waals surface area contributed by atoms with E-state index in [9.17, 15) is 4.79 Å². The number of rotatable bonds is 5. The number of aromatic nitrogens is 3. The maximum atomic E-state index is 12.5. The molecule has 1 aromatic carbocycles. The Morgan fingerprint density at radius 3 is 2.77 bits per heavy atom. The normalized spacial score (nSPS) is 11.3. The summed E-state index contributed by atoms with van der Waals surface area (Å²) < 4.78 is 7.57. The molecule has 0 saturated carbocycles. The Kier molecular flexibility index (Phi) is 4.38. The van der Waals surface area contributed by atoms with Gasteiger partial charge >= 0.3 is 0 Å². The summed E-state index contributed by atoms with van der Waals surface area (Å²) in [5, 5.41) is 9.40. The van der Waals surface area contributed by atoms with E-state index < -0.39 is 0 Å². The second-order valence-electron chi connectivity index (χ2n) is 5.89. The molecule has 4 rings (SSSR count). The molecule has 7 heteroatoms. The standard InChI is InChI=1S/C19H18N4O2S/c1-3-17-20-21-19(15-11-16-14(23(15)17)9-10-25-16)26-12-18(24)22(2)13-7-5-4-6-8-13/h4-11H,3,12H2,1-2H3. The lowest BCUT2D eigenvalue weighted by molar-refractivity contribution is -0.115. The van der Waals surface area contributed by atoms with Crippen molar-refractivity contribution in [2.24, 2.45) is 0 Å². The molecule has 0 saturated heterocycles. The van der Waals surface area contributed by atoms with Gasteiger partial charge in [-0.2, -0.15) is 0 Å². The van der Waals surface area contributed by atoms with Crippen molar-refractivity contribution < 1.29 is 9.21 Å². The first kappa shape index (κ1) is 16.7. The average Bonchev–Trinajstić information content (AvgIpc) is 3.27. The molecule has 26 heavy (non-hydrogen) atoms. The van der Waals surface area contributed by atoms with Crippen LogP contribution in [-0.2, 0) is 11.2 Å². The largest absolute Gasteiger partial charge is 0.463 e. The van der Waals surface area contributed by atoms with Crippen LogP contribution in [0.4, 0.5) is 5.69 Å². The Labute approximate surface area is 154 Å². The van der Waals surface area contributed by atoms with Crippen LogP contribution in [0.3, 0.4) is 0 Å². The molecule has 0 aliphatic carbocycles. The molecule has 0 aliphatic rings. The molecule has 3 aromatic heterocycles. The molecule has 4 aromatic rings. The number of hydrogen-bond donors (Lipinski definition) is 0. The lowest BCUT2D eigenvalue weighted by Crippen LogP contribution is -2.27. The lowest BCUT2D eigenvalue weighted by Gasteiger charge is -2.17. The third-order valence-corrected chi connectivity index (χ3v) is 5.28. The highest BCUT2D eigenvalue weighted by Crippen LogP contribution is 2.29. The Morgan fingerprint density at radius 1 is 1.19 bits per heavy atom. The summed E-state index contributed by atoms with van der Waals surface area (Å²) in [7, 11) is 1.78. The molecule has 0 spiro atoms. The lowest BCUT2D eigenvalue weighted by atomic mass is 10.3. The number of aryl methyl sites for hydroxylation is 1. The first-order valence-corrected chi connectivity index (χ1v) is 9.36. The molecule has 0 atom stereocenters. The number of fused-ring (bicyclic) bond motifs is 3. The van der Waals surface area contributed by atoms with Crippen LogP contribution in [0.2, 0.25) is 0 Å². The predicted octanol–water partition coefficient (Wildman–Crippen LogP) is 3.79. The maximum absolute atomic E-state index is 12.5. The van der Waals surface area contributed by atoms with E-state index in [1.54, 1.807) is 18.2 Å². The number of furan rings is 1. The van der Waals surface area contributed by atoms with Gasteiger partial charge in [0.1, 0.15) is 10.9 Å². The van der Waals surface area contributed by atoms with E-state index in [1.807, 2.05) is 49.4 Å². The van der Waals surface area contributed by atoms with E-state index in [-0.39, 0.29) is 11.7 Å². The van der Waals surface area contributed by atoms with Crippen molar-refractivity contribution in [3.05, 3.63) is 54.6 Å². The van der Waals surface area contributed by atoms with Crippen LogP contribution in [0.1, 0.15) is 12.7 Å². The minimum absolute atomic E-state index is 0.0101. The fraction of sp³-hybridized carbons (Fsp3) is 0.211. The number of carbonyl (C=O) groups excluding carboxylic acids is 1. The molecule has 0 N–H and O–H groups in total. The van der Waals surface area contributed by atoms with Gasteiger partial charge < -0.3 is 9.32 Å². The van der Waals surface area contributed by atoms with Gasteiger partial charge in [0, 0.05) is 31.3 Å². The zero-order valence-electron chi connectivity index (χ0n) is 14.5. The molecule has 0 radical (unpaired) electrons. The second kappa shape index (κ2) is 6.84. The Morgan fingerprint density at radius 2 is 2.00 bits per heavy atom. The van der Waals surface area contributed by atoms with Crippen LogP contribution in [0.25, 0.3) is 16.6 Å². The van der Waals surface area contributed by atoms with Gasteiger partial charge in [0.25, 0.3) is 0 Å². The van der Waals surface area contributed by atoms with E-state index in [0.717, 1.165) is 39.6 Å². The molecule has 6 nitrogen and oxygen atoms in total. The van der Waals surface area contributed by atoms with Crippen molar-refractivity contribution in [3.63, 3.8) is 0 Å². The van der Waals surface area contributed by atoms with Gasteiger partial charge in [-0.25, -0.2) is 0 Å². The summed E-state index contributed by atoms with van der Waals surface area (Å²) in [5.41, 5.74) is 3.56. The third kappa shape index (κ3) is 2.84. The van der Waals surface area contributed by atoms with Crippen LogP contribution in [0.15, 0.2) is 58.2 Å². The number of amides is 1. The topological polar surface area (TPSA) is 63.6 Å². The number of benzene rings is 1. The molecule has 3 heterocycles. The van der Waals surface area contributed by atoms with Crippen molar-refractivity contribution >= 4 is 40.0 Å². The van der Waals surface area contributed by atoms with Crippen LogP contribution < -0.4 is 4.90 Å². The van der Waals surface area contributed by atoms with E-state index in [0.29, 0.717) is 0 Å². The van der Waals surface area contributed by atoms with Crippen LogP contribution in [-0.4, -0.2) is 33.3 Å². The molecular formula is C19H18N4O2S. The van der Waals surface area contributed by atoms with Crippen molar-refractivity contribution in [1.29, 1.82) is 0 Å². The molecular weight excluding hydrogens is 348 g/mol. The molecule has 0 bridgehead atoms. The zero-order valence-corrected chi connectivity index (χ0v) is 15.4. The van der Waals surface area contributed by atoms with Crippen molar-refractivity contribution in [1.82, 2.24) is 14.6 Å². The first-order valence-electron chi connectivity index (χ1n) is 8.37. The van der Waals surface area contributed by atoms with Crippen LogP contribution in [0, 0.1) is 0 Å². The number of thioether (sulfide) groups is 1.